The Bertz CT molecular complexity index is 224. The van der Waals surface area contributed by atoms with E-state index in [0.29, 0.717) is 0 Å². The first kappa shape index (κ1) is 7.71. The number of urea groups is 1. The van der Waals surface area contributed by atoms with Gasteiger partial charge in [0, 0.05) is 0 Å². The van der Waals surface area contributed by atoms with Crippen molar-refractivity contribution in [3.05, 3.63) is 0 Å². The van der Waals surface area contributed by atoms with Crippen molar-refractivity contribution in [2.45, 2.75) is 6.92 Å². The molecule has 0 spiro atoms. The van der Waals surface area contributed by atoms with Crippen LogP contribution in [0.3, 0.4) is 0 Å². The van der Waals surface area contributed by atoms with Crippen LogP contribution in [0, 0.1) is 0 Å². The van der Waals surface area contributed by atoms with Crippen LogP contribution in [0.15, 0.2) is 0 Å². The Hall–Kier alpha value is -1.39. The third-order valence-corrected chi connectivity index (χ3v) is 1.28. The predicted octanol–water partition coefficient (Wildman–Crippen LogP) is -0.873. The fraction of sp³-hybridized carbons (Fsp3) is 0.500. The number of carbonyl (C=O) groups excluding carboxylic acids is 3. The summed E-state index contributed by atoms with van der Waals surface area (Å²) in [7, 11) is 0. The molecule has 0 atom stereocenters. The summed E-state index contributed by atoms with van der Waals surface area (Å²) in [6.45, 7) is 1.38. The minimum absolute atomic E-state index is 0.00157. The summed E-state index contributed by atoms with van der Waals surface area (Å²) in [5.74, 6) is -0.480. The number of carbonyl (C=O) groups is 3. The molecule has 0 unspecified atom stereocenters. The highest BCUT2D eigenvalue weighted by Gasteiger charge is 2.26. The molecule has 1 rings (SSSR count). The van der Waals surface area contributed by atoms with Gasteiger partial charge in [-0.2, -0.15) is 0 Å². The van der Waals surface area contributed by atoms with Crippen molar-refractivity contribution in [3.63, 3.8) is 0 Å². The van der Waals surface area contributed by atoms with Crippen molar-refractivity contribution in [1.29, 1.82) is 0 Å². The molecule has 0 radical (unpaired) electrons. The van der Waals surface area contributed by atoms with Crippen LogP contribution in [0.5, 0.6) is 0 Å². The van der Waals surface area contributed by atoms with Gasteiger partial charge in [0.1, 0.15) is 12.3 Å². The molecule has 0 aromatic rings. The highest BCUT2D eigenvalue weighted by atomic mass is 16.2. The Morgan fingerprint density at radius 2 is 2.27 bits per heavy atom. The third kappa shape index (κ3) is 1.76. The zero-order chi connectivity index (χ0) is 8.43. The molecule has 3 amide bonds. The lowest BCUT2D eigenvalue weighted by atomic mass is 10.4. The Labute approximate surface area is 63.4 Å². The van der Waals surface area contributed by atoms with Crippen LogP contribution >= 0.6 is 0 Å². The molecule has 1 aliphatic rings. The molecule has 5 heteroatoms. The second kappa shape index (κ2) is 2.69. The van der Waals surface area contributed by atoms with Crippen molar-refractivity contribution in [3.8, 4) is 0 Å². The SMILES string of the molecule is CC(=O)CN1CC(=O)NC1=O. The predicted molar refractivity (Wildman–Crippen MR) is 35.8 cm³/mol. The maximum Gasteiger partial charge on any atom is 0.324 e. The molecule has 5 nitrogen and oxygen atoms in total. The van der Waals surface area contributed by atoms with Gasteiger partial charge in [-0.05, 0) is 6.92 Å². The lowest BCUT2D eigenvalue weighted by Gasteiger charge is -2.08. The van der Waals surface area contributed by atoms with E-state index in [4.69, 9.17) is 0 Å². The maximum absolute atomic E-state index is 10.8. The van der Waals surface area contributed by atoms with Gasteiger partial charge in [-0.25, -0.2) is 4.79 Å². The second-order valence-electron chi connectivity index (χ2n) is 2.41. The molecule has 0 aromatic carbocycles. The Kier molecular flexibility index (Phi) is 1.89. The Balaban J connectivity index is 2.53. The lowest BCUT2D eigenvalue weighted by Crippen LogP contribution is -2.32. The van der Waals surface area contributed by atoms with E-state index in [1.54, 1.807) is 0 Å². The molecule has 1 heterocycles. The standard InChI is InChI=1S/C6H8N2O3/c1-4(9)2-8-3-5(10)7-6(8)11/h2-3H2,1H3,(H,7,10,11). The molecule has 1 N–H and O–H groups in total. The topological polar surface area (TPSA) is 66.5 Å². The Morgan fingerprint density at radius 3 is 2.64 bits per heavy atom. The first-order chi connectivity index (χ1) is 5.09. The van der Waals surface area contributed by atoms with Gasteiger partial charge in [0.05, 0.1) is 6.54 Å². The molecule has 1 saturated heterocycles. The van der Waals surface area contributed by atoms with Gasteiger partial charge in [-0.15, -0.1) is 0 Å². The van der Waals surface area contributed by atoms with Crippen LogP contribution in [0.1, 0.15) is 6.92 Å². The number of amides is 3. The van der Waals surface area contributed by atoms with E-state index in [2.05, 4.69) is 5.32 Å². The van der Waals surface area contributed by atoms with E-state index >= 15 is 0 Å². The van der Waals surface area contributed by atoms with Crippen molar-refractivity contribution in [2.24, 2.45) is 0 Å². The summed E-state index contributed by atoms with van der Waals surface area (Å²) in [4.78, 5) is 33.0. The van der Waals surface area contributed by atoms with Gasteiger partial charge in [-0.3, -0.25) is 14.9 Å². The minimum atomic E-state index is -0.481. The van der Waals surface area contributed by atoms with E-state index in [9.17, 15) is 14.4 Å². The normalized spacial score (nSPS) is 17.0. The van der Waals surface area contributed by atoms with Crippen molar-refractivity contribution in [1.82, 2.24) is 10.2 Å². The Morgan fingerprint density at radius 1 is 1.64 bits per heavy atom. The summed E-state index contributed by atoms with van der Waals surface area (Å²) in [5.41, 5.74) is 0. The quantitative estimate of drug-likeness (QED) is 0.528. The molecule has 60 valence electrons. The zero-order valence-electron chi connectivity index (χ0n) is 6.09. The van der Waals surface area contributed by atoms with E-state index < -0.39 is 6.03 Å². The molecular weight excluding hydrogens is 148 g/mol. The number of hydrogen-bond acceptors (Lipinski definition) is 3. The first-order valence-electron chi connectivity index (χ1n) is 3.18. The van der Waals surface area contributed by atoms with Crippen LogP contribution in [-0.4, -0.2) is 35.7 Å². The highest BCUT2D eigenvalue weighted by Crippen LogP contribution is 1.96. The first-order valence-corrected chi connectivity index (χ1v) is 3.18. The van der Waals surface area contributed by atoms with E-state index in [0.717, 1.165) is 0 Å². The molecule has 1 aliphatic heterocycles. The average Bonchev–Trinajstić information content (AvgIpc) is 2.09. The molecule has 0 aliphatic carbocycles. The number of imide groups is 1. The largest absolute Gasteiger partial charge is 0.324 e. The number of ketones is 1. The van der Waals surface area contributed by atoms with Gasteiger partial charge in [0.2, 0.25) is 5.91 Å². The van der Waals surface area contributed by atoms with Gasteiger partial charge < -0.3 is 4.90 Å². The summed E-state index contributed by atoms with van der Waals surface area (Å²) < 4.78 is 0. The van der Waals surface area contributed by atoms with Crippen LogP contribution in [-0.2, 0) is 9.59 Å². The minimum Gasteiger partial charge on any atom is -0.308 e. The van der Waals surface area contributed by atoms with Crippen LogP contribution in [0.25, 0.3) is 0 Å². The zero-order valence-corrected chi connectivity index (χ0v) is 6.09. The van der Waals surface area contributed by atoms with Gasteiger partial charge in [-0.1, -0.05) is 0 Å². The molecular formula is C6H8N2O3. The summed E-state index contributed by atoms with van der Waals surface area (Å²) in [6, 6.07) is -0.481. The van der Waals surface area contributed by atoms with Gasteiger partial charge in [0.15, 0.2) is 0 Å². The highest BCUT2D eigenvalue weighted by molar-refractivity contribution is 6.03. The van der Waals surface area contributed by atoms with Crippen molar-refractivity contribution < 1.29 is 14.4 Å². The average molecular weight is 156 g/mol. The lowest BCUT2D eigenvalue weighted by molar-refractivity contribution is -0.119. The maximum atomic E-state index is 10.8. The van der Waals surface area contributed by atoms with Gasteiger partial charge >= 0.3 is 6.03 Å². The van der Waals surface area contributed by atoms with Crippen molar-refractivity contribution in [2.75, 3.05) is 13.1 Å². The smallest absolute Gasteiger partial charge is 0.308 e. The molecule has 0 saturated carbocycles. The summed E-state index contributed by atoms with van der Waals surface area (Å²) in [6.07, 6.45) is 0. The number of rotatable bonds is 2. The van der Waals surface area contributed by atoms with E-state index in [1.165, 1.54) is 11.8 Å². The number of nitrogens with one attached hydrogen (secondary N) is 1. The number of hydrogen-bond donors (Lipinski definition) is 1. The summed E-state index contributed by atoms with van der Waals surface area (Å²) >= 11 is 0. The number of Topliss-reactive ketones (excluding diaryl/α,β-unsaturated/α-hetero) is 1. The van der Waals surface area contributed by atoms with Crippen LogP contribution in [0.4, 0.5) is 4.79 Å². The van der Waals surface area contributed by atoms with Crippen LogP contribution < -0.4 is 5.32 Å². The van der Waals surface area contributed by atoms with E-state index in [-0.39, 0.29) is 24.8 Å². The fourth-order valence-corrected chi connectivity index (χ4v) is 0.879. The molecule has 11 heavy (non-hydrogen) atoms. The summed E-state index contributed by atoms with van der Waals surface area (Å²) in [5, 5.41) is 2.07. The van der Waals surface area contributed by atoms with Gasteiger partial charge in [0.25, 0.3) is 0 Å². The van der Waals surface area contributed by atoms with Crippen LogP contribution in [0.2, 0.25) is 0 Å². The third-order valence-electron chi connectivity index (χ3n) is 1.28. The molecule has 0 aromatic heterocycles. The number of nitrogens with zero attached hydrogens (tertiary/aromatic N) is 1. The second-order valence-corrected chi connectivity index (χ2v) is 2.41. The van der Waals surface area contributed by atoms with E-state index in [1.807, 2.05) is 0 Å². The van der Waals surface area contributed by atoms with Crippen molar-refractivity contribution >= 4 is 17.7 Å². The molecule has 0 bridgehead atoms. The monoisotopic (exact) mass is 156 g/mol. The fourth-order valence-electron chi connectivity index (χ4n) is 0.879. The molecule has 1 fully saturated rings.